The lowest BCUT2D eigenvalue weighted by molar-refractivity contribution is 0.292. The number of nitrogens with zero attached hydrogens (tertiary/aromatic N) is 1. The lowest BCUT2D eigenvalue weighted by Crippen LogP contribution is -2.11. The van der Waals surface area contributed by atoms with Crippen molar-refractivity contribution in [1.82, 2.24) is 4.90 Å². The zero-order valence-electron chi connectivity index (χ0n) is 5.10. The first-order valence-corrected chi connectivity index (χ1v) is 2.89. The quantitative estimate of drug-likeness (QED) is 0.428. The van der Waals surface area contributed by atoms with E-state index in [0.29, 0.717) is 6.54 Å². The molecular weight excluding hydrogens is 105 g/mol. The van der Waals surface area contributed by atoms with Crippen molar-refractivity contribution in [1.29, 1.82) is 0 Å². The normalized spacial score (nSPS) is 40.9. The molecule has 0 aromatic rings. The van der Waals surface area contributed by atoms with E-state index in [2.05, 4.69) is 7.05 Å². The van der Waals surface area contributed by atoms with Crippen LogP contribution in [0.4, 0.5) is 4.39 Å². The number of likely N-dealkylation sites (tertiary alicyclic amines) is 1. The summed E-state index contributed by atoms with van der Waals surface area (Å²) in [6, 6.07) is 0. The van der Waals surface area contributed by atoms with Gasteiger partial charge in [-0.1, -0.05) is 6.92 Å². The summed E-state index contributed by atoms with van der Waals surface area (Å²) in [6.45, 7) is 3.23. The van der Waals surface area contributed by atoms with Gasteiger partial charge >= 0.3 is 0 Å². The number of hydrogen-bond acceptors (Lipinski definition) is 1. The van der Waals surface area contributed by atoms with Crippen molar-refractivity contribution < 1.29 is 4.39 Å². The fourth-order valence-corrected chi connectivity index (χ4v) is 1.02. The van der Waals surface area contributed by atoms with Crippen molar-refractivity contribution >= 4 is 0 Å². The molecule has 0 unspecified atom stereocenters. The Morgan fingerprint density at radius 3 is 2.38 bits per heavy atom. The van der Waals surface area contributed by atoms with Crippen LogP contribution in [-0.2, 0) is 0 Å². The predicted octanol–water partition coefficient (Wildman–Crippen LogP) is 1.07. The van der Waals surface area contributed by atoms with Crippen LogP contribution in [0.3, 0.4) is 0 Å². The molecule has 8 heavy (non-hydrogen) atoms. The fourth-order valence-electron chi connectivity index (χ4n) is 1.02. The van der Waals surface area contributed by atoms with E-state index in [1.165, 1.54) is 0 Å². The second-order valence-electron chi connectivity index (χ2n) is 2.53. The van der Waals surface area contributed by atoms with Crippen LogP contribution in [0.2, 0.25) is 0 Å². The van der Waals surface area contributed by atoms with Gasteiger partial charge in [0.15, 0.2) is 0 Å². The van der Waals surface area contributed by atoms with E-state index in [1.54, 1.807) is 4.90 Å². The number of hydrogen-bond donors (Lipinski definition) is 0. The molecule has 0 aliphatic carbocycles. The van der Waals surface area contributed by atoms with Crippen molar-refractivity contribution in [2.45, 2.75) is 13.1 Å². The monoisotopic (exact) mass is 116 g/mol. The lowest BCUT2D eigenvalue weighted by atomic mass is 10.1. The Bertz CT molecular complexity index is 74.6. The van der Waals surface area contributed by atoms with Gasteiger partial charge in [0.25, 0.3) is 0 Å². The number of halogens is 1. The van der Waals surface area contributed by atoms with E-state index in [-0.39, 0.29) is 5.92 Å². The van der Waals surface area contributed by atoms with E-state index in [4.69, 9.17) is 0 Å². The lowest BCUT2D eigenvalue weighted by Gasteiger charge is -2.14. The highest BCUT2D eigenvalue weighted by atomic mass is 19.1. The molecule has 48 valence electrons. The molecule has 0 aromatic heterocycles. The highest BCUT2D eigenvalue weighted by Gasteiger charge is 2.22. The summed E-state index contributed by atoms with van der Waals surface area (Å²) in [5, 5.41) is 0. The molecule has 0 aromatic carbocycles. The van der Waals surface area contributed by atoms with Crippen LogP contribution >= 0.6 is 0 Å². The van der Waals surface area contributed by atoms with Crippen molar-refractivity contribution in [3.05, 3.63) is 7.05 Å². The molecule has 0 saturated carbocycles. The van der Waals surface area contributed by atoms with E-state index >= 15 is 0 Å². The fraction of sp³-hybridized carbons (Fsp3) is 0.833. The Hall–Kier alpha value is -0.110. The summed E-state index contributed by atoms with van der Waals surface area (Å²) in [7, 11) is 3.63. The molecule has 2 heteroatoms. The molecule has 1 heterocycles. The molecule has 1 aliphatic rings. The Morgan fingerprint density at radius 1 is 1.62 bits per heavy atom. The van der Waals surface area contributed by atoms with Gasteiger partial charge in [-0.05, 0) is 12.5 Å². The number of alkyl halides is 1. The smallest absolute Gasteiger partial charge is 0.114 e. The summed E-state index contributed by atoms with van der Waals surface area (Å²) in [6.07, 6.45) is -0.646. The van der Waals surface area contributed by atoms with Gasteiger partial charge in [-0.25, -0.2) is 4.39 Å². The largest absolute Gasteiger partial charge is 0.457 e. The number of rotatable bonds is 0. The van der Waals surface area contributed by atoms with Gasteiger partial charge in [0, 0.05) is 6.54 Å². The predicted molar refractivity (Wildman–Crippen MR) is 31.0 cm³/mol. The molecule has 1 fully saturated rings. The SMILES string of the molecule is [CH2-]N1C[C@@H](C)[C@H](F)C1. The summed E-state index contributed by atoms with van der Waals surface area (Å²) < 4.78 is 12.5. The third-order valence-electron chi connectivity index (χ3n) is 1.60. The Labute approximate surface area is 49.5 Å². The molecule has 1 nitrogen and oxygen atoms in total. The van der Waals surface area contributed by atoms with Crippen LogP contribution in [0.15, 0.2) is 0 Å². The zero-order chi connectivity index (χ0) is 6.15. The first kappa shape index (κ1) is 6.02. The van der Waals surface area contributed by atoms with E-state index < -0.39 is 6.17 Å². The molecule has 2 atom stereocenters. The molecule has 0 radical (unpaired) electrons. The highest BCUT2D eigenvalue weighted by molar-refractivity contribution is 4.80. The average molecular weight is 116 g/mol. The van der Waals surface area contributed by atoms with Gasteiger partial charge in [0.2, 0.25) is 0 Å². The van der Waals surface area contributed by atoms with E-state index in [1.807, 2.05) is 6.92 Å². The second-order valence-corrected chi connectivity index (χ2v) is 2.53. The minimum Gasteiger partial charge on any atom is -0.457 e. The van der Waals surface area contributed by atoms with Crippen LogP contribution < -0.4 is 0 Å². The van der Waals surface area contributed by atoms with Crippen molar-refractivity contribution in [3.63, 3.8) is 0 Å². The van der Waals surface area contributed by atoms with Crippen LogP contribution in [0.25, 0.3) is 0 Å². The summed E-state index contributed by atoms with van der Waals surface area (Å²) in [5.74, 6) is 0.187. The zero-order valence-corrected chi connectivity index (χ0v) is 5.10. The van der Waals surface area contributed by atoms with Crippen molar-refractivity contribution in [2.24, 2.45) is 5.92 Å². The van der Waals surface area contributed by atoms with Gasteiger partial charge in [-0.3, -0.25) is 7.05 Å². The molecule has 1 saturated heterocycles. The summed E-state index contributed by atoms with van der Waals surface area (Å²) in [5.41, 5.74) is 0. The van der Waals surface area contributed by atoms with E-state index in [9.17, 15) is 4.39 Å². The van der Waals surface area contributed by atoms with Crippen molar-refractivity contribution in [2.75, 3.05) is 13.1 Å². The molecule has 0 spiro atoms. The molecule has 0 N–H and O–H groups in total. The Balaban J connectivity index is 2.39. The molecular formula is C6H11FN-. The third-order valence-corrected chi connectivity index (χ3v) is 1.60. The maximum Gasteiger partial charge on any atom is 0.114 e. The summed E-state index contributed by atoms with van der Waals surface area (Å²) in [4.78, 5) is 1.77. The van der Waals surface area contributed by atoms with Gasteiger partial charge in [0.05, 0.1) is 0 Å². The van der Waals surface area contributed by atoms with Crippen molar-refractivity contribution in [3.8, 4) is 0 Å². The minimum atomic E-state index is -0.646. The molecule has 1 aliphatic heterocycles. The Kier molecular flexibility index (Phi) is 1.52. The molecule has 1 rings (SSSR count). The highest BCUT2D eigenvalue weighted by Crippen LogP contribution is 2.17. The van der Waals surface area contributed by atoms with Gasteiger partial charge in [-0.15, -0.1) is 0 Å². The first-order valence-electron chi connectivity index (χ1n) is 2.89. The second kappa shape index (κ2) is 2.02. The summed E-state index contributed by atoms with van der Waals surface area (Å²) >= 11 is 0. The third kappa shape index (κ3) is 0.996. The van der Waals surface area contributed by atoms with Crippen LogP contribution in [-0.4, -0.2) is 24.2 Å². The minimum absolute atomic E-state index is 0.187. The van der Waals surface area contributed by atoms with Crippen LogP contribution in [0.5, 0.6) is 0 Å². The van der Waals surface area contributed by atoms with Crippen LogP contribution in [0.1, 0.15) is 6.92 Å². The first-order chi connectivity index (χ1) is 3.70. The Morgan fingerprint density at radius 2 is 2.25 bits per heavy atom. The van der Waals surface area contributed by atoms with Gasteiger partial charge in [0.1, 0.15) is 6.17 Å². The molecule has 0 bridgehead atoms. The van der Waals surface area contributed by atoms with E-state index in [0.717, 1.165) is 6.54 Å². The average Bonchev–Trinajstić information content (AvgIpc) is 1.85. The standard InChI is InChI=1S/C6H11FN/c1-5-3-8(2)4-6(5)7/h5-6H,2-4H2,1H3/q-1/t5-,6-/m1/s1. The molecule has 0 amide bonds. The maximum atomic E-state index is 12.5. The maximum absolute atomic E-state index is 12.5. The van der Waals surface area contributed by atoms with Gasteiger partial charge < -0.3 is 4.90 Å². The van der Waals surface area contributed by atoms with Crippen LogP contribution in [0, 0.1) is 13.0 Å². The topological polar surface area (TPSA) is 3.24 Å². The van der Waals surface area contributed by atoms with Gasteiger partial charge in [-0.2, -0.15) is 0 Å².